The SMILES string of the molecule is Cc1csc(C(C)Nc2cc(Br)c(F)cc2N)n1. The predicted octanol–water partition coefficient (Wildman–Crippen LogP) is 4.11. The molecule has 3 nitrogen and oxygen atoms in total. The van der Waals surface area contributed by atoms with Gasteiger partial charge in [0, 0.05) is 17.1 Å². The Bertz CT molecular complexity index is 570. The van der Waals surface area contributed by atoms with Gasteiger partial charge >= 0.3 is 0 Å². The summed E-state index contributed by atoms with van der Waals surface area (Å²) in [6, 6.07) is 2.97. The van der Waals surface area contributed by atoms with Gasteiger partial charge in [0.15, 0.2) is 0 Å². The second-order valence-corrected chi connectivity index (χ2v) is 5.79. The molecule has 1 unspecified atom stereocenters. The summed E-state index contributed by atoms with van der Waals surface area (Å²) in [6.07, 6.45) is 0. The van der Waals surface area contributed by atoms with Gasteiger partial charge in [-0.25, -0.2) is 9.37 Å². The van der Waals surface area contributed by atoms with Crippen molar-refractivity contribution in [2.75, 3.05) is 11.1 Å². The van der Waals surface area contributed by atoms with E-state index in [0.717, 1.165) is 10.7 Å². The van der Waals surface area contributed by atoms with Gasteiger partial charge in [-0.3, -0.25) is 0 Å². The van der Waals surface area contributed by atoms with Gasteiger partial charge in [-0.15, -0.1) is 11.3 Å². The highest BCUT2D eigenvalue weighted by molar-refractivity contribution is 9.10. The summed E-state index contributed by atoms with van der Waals surface area (Å²) < 4.78 is 13.6. The molecular weight excluding hydrogens is 317 g/mol. The summed E-state index contributed by atoms with van der Waals surface area (Å²) >= 11 is 4.74. The van der Waals surface area contributed by atoms with Crippen LogP contribution in [0.4, 0.5) is 15.8 Å². The number of nitrogens with zero attached hydrogens (tertiary/aromatic N) is 1. The van der Waals surface area contributed by atoms with Crippen molar-refractivity contribution >= 4 is 38.6 Å². The van der Waals surface area contributed by atoms with Gasteiger partial charge in [0.2, 0.25) is 0 Å². The molecule has 1 aromatic carbocycles. The maximum atomic E-state index is 13.3. The minimum atomic E-state index is -0.365. The summed E-state index contributed by atoms with van der Waals surface area (Å²) in [5.74, 6) is -0.365. The van der Waals surface area contributed by atoms with Gasteiger partial charge in [0.25, 0.3) is 0 Å². The quantitative estimate of drug-likeness (QED) is 0.833. The molecule has 0 amide bonds. The minimum absolute atomic E-state index is 0.0309. The smallest absolute Gasteiger partial charge is 0.139 e. The lowest BCUT2D eigenvalue weighted by molar-refractivity contribution is 0.622. The standard InChI is InChI=1S/C12H13BrFN3S/c1-6-5-18-12(16-6)7(2)17-11-3-8(13)9(14)4-10(11)15/h3-5,7,17H,15H2,1-2H3. The predicted molar refractivity (Wildman–Crippen MR) is 77.4 cm³/mol. The summed E-state index contributed by atoms with van der Waals surface area (Å²) in [5.41, 5.74) is 7.86. The number of rotatable bonds is 3. The van der Waals surface area contributed by atoms with E-state index in [4.69, 9.17) is 5.73 Å². The molecule has 0 aliphatic carbocycles. The zero-order chi connectivity index (χ0) is 13.3. The fourth-order valence-corrected chi connectivity index (χ4v) is 2.70. The average molecular weight is 330 g/mol. The fourth-order valence-electron chi connectivity index (χ4n) is 1.55. The fraction of sp³-hybridized carbons (Fsp3) is 0.250. The van der Waals surface area contributed by atoms with E-state index in [1.807, 2.05) is 19.2 Å². The Labute approximate surface area is 117 Å². The number of aromatic nitrogens is 1. The van der Waals surface area contributed by atoms with Crippen LogP contribution in [0.15, 0.2) is 22.0 Å². The van der Waals surface area contributed by atoms with E-state index in [-0.39, 0.29) is 11.9 Å². The number of halogens is 2. The highest BCUT2D eigenvalue weighted by Crippen LogP contribution is 2.30. The van der Waals surface area contributed by atoms with Gasteiger partial charge < -0.3 is 11.1 Å². The average Bonchev–Trinajstić information content (AvgIpc) is 2.73. The number of nitrogens with two attached hydrogens (primary N) is 1. The Balaban J connectivity index is 2.21. The number of benzene rings is 1. The molecule has 6 heteroatoms. The van der Waals surface area contributed by atoms with Crippen LogP contribution in [0.2, 0.25) is 0 Å². The molecule has 0 aliphatic heterocycles. The molecular formula is C12H13BrFN3S. The number of hydrogen-bond donors (Lipinski definition) is 2. The minimum Gasteiger partial charge on any atom is -0.397 e. The Morgan fingerprint density at radius 1 is 1.50 bits per heavy atom. The number of anilines is 2. The van der Waals surface area contributed by atoms with Crippen LogP contribution < -0.4 is 11.1 Å². The number of nitrogen functional groups attached to an aromatic ring is 1. The van der Waals surface area contributed by atoms with Gasteiger partial charge in [-0.05, 0) is 35.8 Å². The van der Waals surface area contributed by atoms with Crippen LogP contribution in [0, 0.1) is 12.7 Å². The summed E-state index contributed by atoms with van der Waals surface area (Å²) in [7, 11) is 0. The maximum Gasteiger partial charge on any atom is 0.139 e. The lowest BCUT2D eigenvalue weighted by Crippen LogP contribution is -2.08. The van der Waals surface area contributed by atoms with Gasteiger partial charge in [0.05, 0.1) is 21.9 Å². The topological polar surface area (TPSA) is 50.9 Å². The first kappa shape index (κ1) is 13.3. The third kappa shape index (κ3) is 2.81. The van der Waals surface area contributed by atoms with Gasteiger partial charge in [-0.1, -0.05) is 0 Å². The van der Waals surface area contributed by atoms with E-state index in [0.29, 0.717) is 15.8 Å². The molecule has 0 bridgehead atoms. The molecule has 0 saturated heterocycles. The molecule has 0 radical (unpaired) electrons. The van der Waals surface area contributed by atoms with Crippen molar-refractivity contribution in [1.29, 1.82) is 0 Å². The van der Waals surface area contributed by atoms with Crippen LogP contribution in [-0.2, 0) is 0 Å². The highest BCUT2D eigenvalue weighted by Gasteiger charge is 2.12. The first-order chi connectivity index (χ1) is 8.47. The van der Waals surface area contributed by atoms with Crippen LogP contribution in [0.5, 0.6) is 0 Å². The molecule has 1 aromatic heterocycles. The van der Waals surface area contributed by atoms with Crippen molar-refractivity contribution in [3.05, 3.63) is 38.5 Å². The van der Waals surface area contributed by atoms with E-state index in [1.165, 1.54) is 6.07 Å². The van der Waals surface area contributed by atoms with Crippen molar-refractivity contribution in [3.63, 3.8) is 0 Å². The van der Waals surface area contributed by atoms with E-state index in [1.54, 1.807) is 17.4 Å². The second kappa shape index (κ2) is 5.24. The molecule has 0 aliphatic rings. The molecule has 1 atom stereocenters. The largest absolute Gasteiger partial charge is 0.397 e. The molecule has 1 heterocycles. The van der Waals surface area contributed by atoms with E-state index in [2.05, 4.69) is 26.2 Å². The lowest BCUT2D eigenvalue weighted by atomic mass is 10.2. The van der Waals surface area contributed by atoms with Crippen LogP contribution >= 0.6 is 27.3 Å². The van der Waals surface area contributed by atoms with Crippen LogP contribution in [0.3, 0.4) is 0 Å². The van der Waals surface area contributed by atoms with Gasteiger partial charge in [-0.2, -0.15) is 0 Å². The van der Waals surface area contributed by atoms with Crippen molar-refractivity contribution in [3.8, 4) is 0 Å². The maximum absolute atomic E-state index is 13.3. The molecule has 18 heavy (non-hydrogen) atoms. The first-order valence-corrected chi connectivity index (χ1v) is 7.07. The molecule has 0 spiro atoms. The van der Waals surface area contributed by atoms with Crippen LogP contribution in [-0.4, -0.2) is 4.98 Å². The van der Waals surface area contributed by atoms with Crippen LogP contribution in [0.1, 0.15) is 23.7 Å². The first-order valence-electron chi connectivity index (χ1n) is 5.40. The zero-order valence-corrected chi connectivity index (χ0v) is 12.4. The Hall–Kier alpha value is -1.14. The number of nitrogens with one attached hydrogen (secondary N) is 1. The Morgan fingerprint density at radius 3 is 2.83 bits per heavy atom. The molecule has 0 saturated carbocycles. The second-order valence-electron chi connectivity index (χ2n) is 4.05. The monoisotopic (exact) mass is 329 g/mol. The highest BCUT2D eigenvalue weighted by atomic mass is 79.9. The Kier molecular flexibility index (Phi) is 3.87. The lowest BCUT2D eigenvalue weighted by Gasteiger charge is -2.15. The summed E-state index contributed by atoms with van der Waals surface area (Å²) in [6.45, 7) is 3.95. The number of thiazole rings is 1. The third-order valence-electron chi connectivity index (χ3n) is 2.47. The van der Waals surface area contributed by atoms with Crippen molar-refractivity contribution in [2.45, 2.75) is 19.9 Å². The van der Waals surface area contributed by atoms with E-state index in [9.17, 15) is 4.39 Å². The molecule has 96 valence electrons. The van der Waals surface area contributed by atoms with Crippen molar-refractivity contribution < 1.29 is 4.39 Å². The molecule has 2 rings (SSSR count). The third-order valence-corrected chi connectivity index (χ3v) is 4.22. The Morgan fingerprint density at radius 2 is 2.22 bits per heavy atom. The summed E-state index contributed by atoms with van der Waals surface area (Å²) in [5, 5.41) is 6.21. The molecule has 0 fully saturated rings. The zero-order valence-electron chi connectivity index (χ0n) is 10.00. The normalized spacial score (nSPS) is 12.4. The van der Waals surface area contributed by atoms with Crippen LogP contribution in [0.25, 0.3) is 0 Å². The number of hydrogen-bond acceptors (Lipinski definition) is 4. The van der Waals surface area contributed by atoms with E-state index < -0.39 is 0 Å². The number of aryl methyl sites for hydroxylation is 1. The van der Waals surface area contributed by atoms with Crippen molar-refractivity contribution in [2.24, 2.45) is 0 Å². The summed E-state index contributed by atoms with van der Waals surface area (Å²) in [4.78, 5) is 4.41. The molecule has 2 aromatic rings. The van der Waals surface area contributed by atoms with E-state index >= 15 is 0 Å². The molecule has 3 N–H and O–H groups in total. The van der Waals surface area contributed by atoms with Crippen molar-refractivity contribution in [1.82, 2.24) is 4.98 Å². The van der Waals surface area contributed by atoms with Gasteiger partial charge in [0.1, 0.15) is 10.8 Å².